The van der Waals surface area contributed by atoms with E-state index in [1.54, 1.807) is 0 Å². The Labute approximate surface area is 177 Å². The molecule has 0 aliphatic heterocycles. The lowest BCUT2D eigenvalue weighted by atomic mass is 9.40. The Hall–Kier alpha value is -0.450. The molecule has 0 amide bonds. The number of hydrogen-bond acceptors (Lipinski definition) is 4. The number of hydrogen-bond donors (Lipinski definition) is 3. The second-order valence-electron chi connectivity index (χ2n) is 11.7. The predicted octanol–water partition coefficient (Wildman–Crippen LogP) is 3.89. The van der Waals surface area contributed by atoms with Crippen LogP contribution in [0.5, 0.6) is 0 Å². The third kappa shape index (κ3) is 2.84. The molecule has 166 valence electrons. The molecule has 4 saturated carbocycles. The lowest BCUT2D eigenvalue weighted by molar-refractivity contribution is -0.177. The summed E-state index contributed by atoms with van der Waals surface area (Å²) in [6.07, 6.45) is 8.81. The monoisotopic (exact) mass is 404 g/mol. The molecule has 1 unspecified atom stereocenters. The number of fused-ring (bicyclic) bond motifs is 5. The molecule has 0 aromatic heterocycles. The van der Waals surface area contributed by atoms with Crippen LogP contribution >= 0.6 is 0 Å². The van der Waals surface area contributed by atoms with E-state index in [2.05, 4.69) is 27.7 Å². The summed E-state index contributed by atoms with van der Waals surface area (Å²) in [6.45, 7) is 10.1. The average Bonchev–Trinajstić information content (AvgIpc) is 2.95. The van der Waals surface area contributed by atoms with Gasteiger partial charge in [-0.3, -0.25) is 4.79 Å². The van der Waals surface area contributed by atoms with Crippen molar-refractivity contribution >= 4 is 5.78 Å². The zero-order valence-electron chi connectivity index (χ0n) is 19.1. The highest BCUT2D eigenvalue weighted by molar-refractivity contribution is 5.87. The van der Waals surface area contributed by atoms with Crippen LogP contribution in [0.15, 0.2) is 0 Å². The Kier molecular flexibility index (Phi) is 5.49. The molecule has 4 rings (SSSR count). The molecule has 0 spiro atoms. The molecule has 0 saturated heterocycles. The summed E-state index contributed by atoms with van der Waals surface area (Å²) in [4.78, 5) is 14.0. The van der Waals surface area contributed by atoms with E-state index in [-0.39, 0.29) is 34.3 Å². The maximum Gasteiger partial charge on any atom is 0.141 e. The zero-order valence-corrected chi connectivity index (χ0v) is 19.1. The van der Waals surface area contributed by atoms with E-state index in [0.29, 0.717) is 29.5 Å². The maximum atomic E-state index is 14.0. The summed E-state index contributed by atoms with van der Waals surface area (Å²) in [6, 6.07) is 0. The second-order valence-corrected chi connectivity index (χ2v) is 11.7. The van der Waals surface area contributed by atoms with Crippen molar-refractivity contribution in [2.75, 3.05) is 6.54 Å². The first-order chi connectivity index (χ1) is 13.6. The van der Waals surface area contributed by atoms with Crippen molar-refractivity contribution in [3.8, 4) is 0 Å². The minimum absolute atomic E-state index is 0.00207. The fourth-order valence-corrected chi connectivity index (χ4v) is 9.13. The average molecular weight is 405 g/mol. The van der Waals surface area contributed by atoms with E-state index in [1.165, 1.54) is 0 Å². The third-order valence-electron chi connectivity index (χ3n) is 10.8. The summed E-state index contributed by atoms with van der Waals surface area (Å²) in [7, 11) is 0. The van der Waals surface area contributed by atoms with Gasteiger partial charge >= 0.3 is 0 Å². The molecule has 0 radical (unpaired) electrons. The largest absolute Gasteiger partial charge is 0.393 e. The van der Waals surface area contributed by atoms with Gasteiger partial charge in [-0.2, -0.15) is 0 Å². The minimum atomic E-state index is -0.377. The first-order valence-corrected chi connectivity index (χ1v) is 12.3. The van der Waals surface area contributed by atoms with Crippen LogP contribution in [0.3, 0.4) is 0 Å². The van der Waals surface area contributed by atoms with Gasteiger partial charge < -0.3 is 16.6 Å². The molecule has 4 aliphatic rings. The number of nitrogens with two attached hydrogens (primary N) is 2. The SMILES string of the molecule is CC[C@@H]1C(=O)[C@@H]2[C@H](CC[C@]3(C)[C@@H]([C@H](C)CCN)CC[C@@]23N)[C@@]2(C)CC[C@@H](O)CC12. The highest BCUT2D eigenvalue weighted by atomic mass is 16.3. The van der Waals surface area contributed by atoms with Crippen molar-refractivity contribution in [3.05, 3.63) is 0 Å². The van der Waals surface area contributed by atoms with Crippen LogP contribution in [0.25, 0.3) is 0 Å². The number of carbonyl (C=O) groups excluding carboxylic acids is 1. The number of Topliss-reactive ketones (excluding diaryl/α,β-unsaturated/α-hetero) is 1. The van der Waals surface area contributed by atoms with E-state index in [1.807, 2.05) is 0 Å². The molecule has 4 heteroatoms. The second kappa shape index (κ2) is 7.31. The van der Waals surface area contributed by atoms with Gasteiger partial charge in [0.1, 0.15) is 5.78 Å². The highest BCUT2D eigenvalue weighted by Crippen LogP contribution is 2.69. The topological polar surface area (TPSA) is 89.3 Å². The van der Waals surface area contributed by atoms with E-state index in [0.717, 1.165) is 64.3 Å². The summed E-state index contributed by atoms with van der Waals surface area (Å²) < 4.78 is 0. The van der Waals surface area contributed by atoms with E-state index in [4.69, 9.17) is 11.5 Å². The summed E-state index contributed by atoms with van der Waals surface area (Å²) >= 11 is 0. The predicted molar refractivity (Wildman–Crippen MR) is 117 cm³/mol. The van der Waals surface area contributed by atoms with Gasteiger partial charge in [0, 0.05) is 17.4 Å². The van der Waals surface area contributed by atoms with E-state index >= 15 is 0 Å². The molecule has 0 aromatic rings. The van der Waals surface area contributed by atoms with Crippen LogP contribution in [0.1, 0.15) is 85.5 Å². The molecule has 5 N–H and O–H groups in total. The van der Waals surface area contributed by atoms with Gasteiger partial charge in [0.25, 0.3) is 0 Å². The van der Waals surface area contributed by atoms with Crippen molar-refractivity contribution in [1.82, 2.24) is 0 Å². The molecular weight excluding hydrogens is 360 g/mol. The van der Waals surface area contributed by atoms with Crippen molar-refractivity contribution in [2.45, 2.75) is 97.1 Å². The molecule has 0 aromatic carbocycles. The minimum Gasteiger partial charge on any atom is -0.393 e. The summed E-state index contributed by atoms with van der Waals surface area (Å²) in [5, 5.41) is 10.4. The third-order valence-corrected chi connectivity index (χ3v) is 10.8. The fraction of sp³-hybridized carbons (Fsp3) is 0.960. The van der Waals surface area contributed by atoms with Gasteiger partial charge in [0.2, 0.25) is 0 Å². The molecule has 4 nitrogen and oxygen atoms in total. The number of ketones is 1. The maximum absolute atomic E-state index is 14.0. The summed E-state index contributed by atoms with van der Waals surface area (Å²) in [5.74, 6) is 2.36. The van der Waals surface area contributed by atoms with Crippen molar-refractivity contribution in [1.29, 1.82) is 0 Å². The standard InChI is InChI=1S/C25H44N2O2/c1-5-17-20-14-16(28)6-10-23(20,3)19-7-11-24(4)18(15(2)9-13-26)8-12-25(24,27)21(19)22(17)29/h15-21,28H,5-14,26-27H2,1-4H3/t15-,16-,17+,18-,19+,20?,21+,23-,24-,25-/m1/s1. The smallest absolute Gasteiger partial charge is 0.141 e. The number of aliphatic hydroxyl groups excluding tert-OH is 1. The quantitative estimate of drug-likeness (QED) is 0.663. The van der Waals surface area contributed by atoms with E-state index < -0.39 is 0 Å². The van der Waals surface area contributed by atoms with Gasteiger partial charge in [-0.25, -0.2) is 0 Å². The van der Waals surface area contributed by atoms with Gasteiger partial charge in [0.05, 0.1) is 6.10 Å². The Bertz CT molecular complexity index is 653. The van der Waals surface area contributed by atoms with Crippen molar-refractivity contribution in [2.24, 2.45) is 57.8 Å². The number of rotatable bonds is 4. The van der Waals surface area contributed by atoms with Crippen LogP contribution in [0, 0.1) is 46.3 Å². The Morgan fingerprint density at radius 1 is 1.14 bits per heavy atom. The molecule has 4 aliphatic carbocycles. The molecule has 10 atom stereocenters. The van der Waals surface area contributed by atoms with Gasteiger partial charge in [0.15, 0.2) is 0 Å². The Balaban J connectivity index is 1.74. The van der Waals surface area contributed by atoms with Crippen LogP contribution in [0.4, 0.5) is 0 Å². The first-order valence-electron chi connectivity index (χ1n) is 12.3. The fourth-order valence-electron chi connectivity index (χ4n) is 9.13. The molecule has 4 fully saturated rings. The summed E-state index contributed by atoms with van der Waals surface area (Å²) in [5.41, 5.74) is 13.1. The normalized spacial score (nSPS) is 53.1. The van der Waals surface area contributed by atoms with Gasteiger partial charge in [-0.1, -0.05) is 27.7 Å². The van der Waals surface area contributed by atoms with Gasteiger partial charge in [-0.15, -0.1) is 0 Å². The zero-order chi connectivity index (χ0) is 21.2. The van der Waals surface area contributed by atoms with Crippen LogP contribution in [-0.4, -0.2) is 29.1 Å². The lowest BCUT2D eigenvalue weighted by Gasteiger charge is -2.65. The number of carbonyl (C=O) groups is 1. The Morgan fingerprint density at radius 3 is 2.52 bits per heavy atom. The molecule has 0 bridgehead atoms. The van der Waals surface area contributed by atoms with Gasteiger partial charge in [-0.05, 0) is 98.8 Å². The van der Waals surface area contributed by atoms with Crippen LogP contribution in [0.2, 0.25) is 0 Å². The van der Waals surface area contributed by atoms with Crippen molar-refractivity contribution < 1.29 is 9.90 Å². The van der Waals surface area contributed by atoms with Crippen molar-refractivity contribution in [3.63, 3.8) is 0 Å². The first kappa shape index (κ1) is 21.8. The number of aliphatic hydroxyl groups is 1. The van der Waals surface area contributed by atoms with Crippen LogP contribution < -0.4 is 11.5 Å². The molecule has 0 heterocycles. The van der Waals surface area contributed by atoms with E-state index in [9.17, 15) is 9.90 Å². The molecule has 29 heavy (non-hydrogen) atoms. The Morgan fingerprint density at radius 2 is 1.86 bits per heavy atom. The highest BCUT2D eigenvalue weighted by Gasteiger charge is 2.70. The lowest BCUT2D eigenvalue weighted by Crippen LogP contribution is -2.70. The molecular formula is C25H44N2O2. The van der Waals surface area contributed by atoms with Crippen LogP contribution in [-0.2, 0) is 4.79 Å².